The third kappa shape index (κ3) is 3.05. The molecule has 1 aliphatic carbocycles. The van der Waals surface area contributed by atoms with Gasteiger partial charge in [0.25, 0.3) is 5.91 Å². The van der Waals surface area contributed by atoms with Crippen LogP contribution >= 0.6 is 11.3 Å². The molecule has 2 atom stereocenters. The molecule has 0 bridgehead atoms. The molecular weight excluding hydrogens is 340 g/mol. The molecule has 138 valence electrons. The second kappa shape index (κ2) is 6.41. The molecule has 2 aliphatic rings. The summed E-state index contributed by atoms with van der Waals surface area (Å²) < 4.78 is 0. The van der Waals surface area contributed by atoms with Crippen molar-refractivity contribution in [3.05, 3.63) is 51.4 Å². The van der Waals surface area contributed by atoms with Gasteiger partial charge in [-0.05, 0) is 47.3 Å². The summed E-state index contributed by atoms with van der Waals surface area (Å²) in [6.07, 6.45) is 4.46. The lowest BCUT2D eigenvalue weighted by Gasteiger charge is -2.28. The van der Waals surface area contributed by atoms with Gasteiger partial charge in [0.05, 0.1) is 5.56 Å². The Hall–Kier alpha value is -1.81. The lowest BCUT2D eigenvalue weighted by Crippen LogP contribution is -2.38. The van der Waals surface area contributed by atoms with Gasteiger partial charge < -0.3 is 10.6 Å². The van der Waals surface area contributed by atoms with Crippen LogP contribution in [0.25, 0.3) is 0 Å². The van der Waals surface area contributed by atoms with Crippen molar-refractivity contribution in [1.82, 2.24) is 5.32 Å². The van der Waals surface area contributed by atoms with Gasteiger partial charge in [-0.2, -0.15) is 0 Å². The smallest absolute Gasteiger partial charge is 0.256 e. The molecule has 4 heteroatoms. The Balaban J connectivity index is 1.61. The van der Waals surface area contributed by atoms with Crippen LogP contribution < -0.4 is 10.6 Å². The molecule has 0 fully saturated rings. The molecule has 1 aromatic carbocycles. The van der Waals surface area contributed by atoms with E-state index in [1.165, 1.54) is 28.8 Å². The lowest BCUT2D eigenvalue weighted by atomic mass is 9.85. The van der Waals surface area contributed by atoms with Crippen LogP contribution in [-0.2, 0) is 18.3 Å². The fourth-order valence-electron chi connectivity index (χ4n) is 4.06. The highest BCUT2D eigenvalue weighted by molar-refractivity contribution is 7.16. The number of rotatable bonds is 2. The fraction of sp³-hybridized carbons (Fsp3) is 0.500. The van der Waals surface area contributed by atoms with Crippen LogP contribution in [0.4, 0.5) is 5.00 Å². The van der Waals surface area contributed by atoms with Gasteiger partial charge in [-0.15, -0.1) is 11.3 Å². The quantitative estimate of drug-likeness (QED) is 0.743. The van der Waals surface area contributed by atoms with Crippen molar-refractivity contribution in [2.45, 2.75) is 65.0 Å². The molecule has 4 rings (SSSR count). The molecule has 3 nitrogen and oxygen atoms in total. The summed E-state index contributed by atoms with van der Waals surface area (Å²) in [7, 11) is 0. The SMILES string of the molecule is CCC1CCc2c(sc3c2C(=O)NC(c2ccc(C(C)(C)C)cc2)N3)C1. The topological polar surface area (TPSA) is 41.1 Å². The van der Waals surface area contributed by atoms with Crippen LogP contribution in [0.5, 0.6) is 0 Å². The highest BCUT2D eigenvalue weighted by Gasteiger charge is 2.33. The van der Waals surface area contributed by atoms with E-state index in [2.05, 4.69) is 62.6 Å². The van der Waals surface area contributed by atoms with Crippen molar-refractivity contribution in [1.29, 1.82) is 0 Å². The Morgan fingerprint density at radius 2 is 1.88 bits per heavy atom. The number of hydrogen-bond acceptors (Lipinski definition) is 3. The minimum atomic E-state index is -0.147. The maximum Gasteiger partial charge on any atom is 0.256 e. The predicted molar refractivity (Wildman–Crippen MR) is 109 cm³/mol. The van der Waals surface area contributed by atoms with Crippen LogP contribution in [0.2, 0.25) is 0 Å². The lowest BCUT2D eigenvalue weighted by molar-refractivity contribution is 0.0935. The highest BCUT2D eigenvalue weighted by atomic mass is 32.1. The molecule has 1 amide bonds. The molecule has 1 aromatic heterocycles. The number of thiophene rings is 1. The Morgan fingerprint density at radius 3 is 2.54 bits per heavy atom. The van der Waals surface area contributed by atoms with Crippen molar-refractivity contribution < 1.29 is 4.79 Å². The van der Waals surface area contributed by atoms with Crippen LogP contribution in [0.15, 0.2) is 24.3 Å². The summed E-state index contributed by atoms with van der Waals surface area (Å²) in [6, 6.07) is 8.60. The monoisotopic (exact) mass is 368 g/mol. The number of nitrogens with one attached hydrogen (secondary N) is 2. The second-order valence-electron chi connectivity index (χ2n) is 8.65. The summed E-state index contributed by atoms with van der Waals surface area (Å²) in [5, 5.41) is 7.80. The normalized spacial score (nSPS) is 22.2. The van der Waals surface area contributed by atoms with E-state index in [-0.39, 0.29) is 17.5 Å². The van der Waals surface area contributed by atoms with Gasteiger partial charge in [-0.3, -0.25) is 4.79 Å². The minimum Gasteiger partial charge on any atom is -0.353 e. The number of carbonyl (C=O) groups excluding carboxylic acids is 1. The zero-order valence-corrected chi connectivity index (χ0v) is 16.9. The van der Waals surface area contributed by atoms with Gasteiger partial charge >= 0.3 is 0 Å². The summed E-state index contributed by atoms with van der Waals surface area (Å²) in [4.78, 5) is 14.3. The van der Waals surface area contributed by atoms with Gasteiger partial charge in [0.1, 0.15) is 11.2 Å². The first-order valence-electron chi connectivity index (χ1n) is 9.69. The Morgan fingerprint density at radius 1 is 1.15 bits per heavy atom. The second-order valence-corrected chi connectivity index (χ2v) is 9.75. The number of benzene rings is 1. The van der Waals surface area contributed by atoms with Crippen molar-refractivity contribution in [2.75, 3.05) is 5.32 Å². The van der Waals surface area contributed by atoms with E-state index < -0.39 is 0 Å². The average Bonchev–Trinajstić information content (AvgIpc) is 2.98. The van der Waals surface area contributed by atoms with Crippen molar-refractivity contribution in [2.24, 2.45) is 5.92 Å². The maximum absolute atomic E-state index is 12.8. The Kier molecular flexibility index (Phi) is 4.34. The van der Waals surface area contributed by atoms with Gasteiger partial charge in [0.15, 0.2) is 0 Å². The van der Waals surface area contributed by atoms with E-state index in [0.29, 0.717) is 0 Å². The molecule has 0 spiro atoms. The number of amides is 1. The van der Waals surface area contributed by atoms with E-state index in [1.807, 2.05) is 0 Å². The standard InChI is InChI=1S/C22H28N2OS/c1-5-13-6-11-16-17(12-13)26-21-18(16)20(25)23-19(24-21)14-7-9-15(10-8-14)22(2,3)4/h7-10,13,19,24H,5-6,11-12H2,1-4H3,(H,23,25). The summed E-state index contributed by atoms with van der Waals surface area (Å²) >= 11 is 1.79. The van der Waals surface area contributed by atoms with Crippen LogP contribution in [0.1, 0.15) is 78.6 Å². The molecule has 0 saturated carbocycles. The first-order valence-corrected chi connectivity index (χ1v) is 10.5. The van der Waals surface area contributed by atoms with Gasteiger partial charge in [-0.1, -0.05) is 58.4 Å². The number of fused-ring (bicyclic) bond motifs is 3. The minimum absolute atomic E-state index is 0.0797. The van der Waals surface area contributed by atoms with Crippen LogP contribution in [0.3, 0.4) is 0 Å². The van der Waals surface area contributed by atoms with Crippen molar-refractivity contribution in [3.8, 4) is 0 Å². The molecule has 2 heterocycles. The van der Waals surface area contributed by atoms with E-state index >= 15 is 0 Å². The average molecular weight is 369 g/mol. The third-order valence-corrected chi connectivity index (χ3v) is 7.02. The van der Waals surface area contributed by atoms with Crippen molar-refractivity contribution >= 4 is 22.2 Å². The van der Waals surface area contributed by atoms with E-state index in [1.54, 1.807) is 11.3 Å². The number of anilines is 1. The zero-order valence-electron chi connectivity index (χ0n) is 16.1. The fourth-order valence-corrected chi connectivity index (χ4v) is 5.44. The van der Waals surface area contributed by atoms with Crippen LogP contribution in [0, 0.1) is 5.92 Å². The van der Waals surface area contributed by atoms with E-state index in [0.717, 1.165) is 34.9 Å². The molecule has 2 unspecified atom stereocenters. The summed E-state index contributed by atoms with van der Waals surface area (Å²) in [5.74, 6) is 0.850. The molecule has 0 saturated heterocycles. The zero-order chi connectivity index (χ0) is 18.5. The summed E-state index contributed by atoms with van der Waals surface area (Å²) in [6.45, 7) is 8.92. The molecule has 1 aliphatic heterocycles. The third-order valence-electron chi connectivity index (χ3n) is 5.83. The predicted octanol–water partition coefficient (Wildman–Crippen LogP) is 5.41. The number of hydrogen-bond donors (Lipinski definition) is 2. The van der Waals surface area contributed by atoms with Crippen molar-refractivity contribution in [3.63, 3.8) is 0 Å². The molecule has 0 radical (unpaired) electrons. The maximum atomic E-state index is 12.8. The van der Waals surface area contributed by atoms with Gasteiger partial charge in [-0.25, -0.2) is 0 Å². The molecule has 2 N–H and O–H groups in total. The molecule has 26 heavy (non-hydrogen) atoms. The first-order chi connectivity index (χ1) is 12.4. The molecule has 2 aromatic rings. The summed E-state index contributed by atoms with van der Waals surface area (Å²) in [5.41, 5.74) is 4.75. The van der Waals surface area contributed by atoms with Gasteiger partial charge in [0.2, 0.25) is 0 Å². The number of carbonyl (C=O) groups is 1. The van der Waals surface area contributed by atoms with Gasteiger partial charge in [0, 0.05) is 4.88 Å². The highest BCUT2D eigenvalue weighted by Crippen LogP contribution is 2.43. The molecular formula is C22H28N2OS. The van der Waals surface area contributed by atoms with E-state index in [9.17, 15) is 4.79 Å². The van der Waals surface area contributed by atoms with E-state index in [4.69, 9.17) is 0 Å². The Labute approximate surface area is 160 Å². The first kappa shape index (κ1) is 17.6. The van der Waals surface area contributed by atoms with Crippen LogP contribution in [-0.4, -0.2) is 5.91 Å². The largest absolute Gasteiger partial charge is 0.353 e. The Bertz CT molecular complexity index is 829.